The normalized spacial score (nSPS) is 25.6. The van der Waals surface area contributed by atoms with Gasteiger partial charge in [0.2, 0.25) is 0 Å². The van der Waals surface area contributed by atoms with E-state index >= 15 is 0 Å². The van der Waals surface area contributed by atoms with Gasteiger partial charge in [-0.2, -0.15) is 0 Å². The average molecular weight is 240 g/mol. The highest BCUT2D eigenvalue weighted by Crippen LogP contribution is 2.19. The number of rotatable bonds is 8. The van der Waals surface area contributed by atoms with E-state index in [2.05, 4.69) is 30.5 Å². The van der Waals surface area contributed by atoms with Crippen molar-refractivity contribution in [2.24, 2.45) is 0 Å². The van der Waals surface area contributed by atoms with Gasteiger partial charge in [-0.05, 0) is 46.3 Å². The number of unbranched alkanes of at least 4 members (excludes halogenated alkanes) is 3. The van der Waals surface area contributed by atoms with E-state index in [1.807, 2.05) is 6.08 Å². The molecule has 1 aliphatic heterocycles. The molecule has 0 bridgehead atoms. The molecule has 1 rings (SSSR count). The van der Waals surface area contributed by atoms with Crippen molar-refractivity contribution >= 4 is 0 Å². The first kappa shape index (κ1) is 14.7. The van der Waals surface area contributed by atoms with Crippen LogP contribution in [0, 0.1) is 0 Å². The first-order valence-electron chi connectivity index (χ1n) is 6.81. The number of hydrogen-bond acceptors (Lipinski definition) is 3. The van der Waals surface area contributed by atoms with E-state index in [1.54, 1.807) is 0 Å². The Morgan fingerprint density at radius 2 is 2.12 bits per heavy atom. The zero-order valence-corrected chi connectivity index (χ0v) is 11.4. The minimum absolute atomic E-state index is 0.117. The van der Waals surface area contributed by atoms with Crippen molar-refractivity contribution in [3.05, 3.63) is 12.7 Å². The summed E-state index contributed by atoms with van der Waals surface area (Å²) in [6, 6.07) is 0.541. The lowest BCUT2D eigenvalue weighted by Gasteiger charge is -2.26. The summed E-state index contributed by atoms with van der Waals surface area (Å²) in [7, 11) is 4.21. The Labute approximate surface area is 106 Å². The number of aliphatic hydroxyl groups is 1. The number of hydrogen-bond donors (Lipinski definition) is 1. The van der Waals surface area contributed by atoms with Crippen molar-refractivity contribution < 1.29 is 5.11 Å². The first-order chi connectivity index (χ1) is 8.13. The van der Waals surface area contributed by atoms with Gasteiger partial charge in [0.25, 0.3) is 0 Å². The quantitative estimate of drug-likeness (QED) is 0.517. The van der Waals surface area contributed by atoms with Gasteiger partial charge < -0.3 is 10.0 Å². The summed E-state index contributed by atoms with van der Waals surface area (Å²) in [4.78, 5) is 4.67. The monoisotopic (exact) mass is 240 g/mol. The fourth-order valence-electron chi connectivity index (χ4n) is 2.62. The number of likely N-dealkylation sites (N-methyl/N-ethyl adjacent to an activating group) is 1. The molecule has 1 heterocycles. The Kier molecular flexibility index (Phi) is 6.78. The molecule has 17 heavy (non-hydrogen) atoms. The number of likely N-dealkylation sites (tertiary alicyclic amines) is 1. The highest BCUT2D eigenvalue weighted by Gasteiger charge is 2.30. The standard InChI is InChI=1S/C14H28N2O/c1-4-5-6-7-8-9-16-12-14(17)10-13(16)11-15(2)3/h4,13-14,17H,1,5-12H2,2-3H3. The molecule has 0 radical (unpaired) electrons. The minimum atomic E-state index is -0.117. The van der Waals surface area contributed by atoms with Crippen molar-refractivity contribution in [2.75, 3.05) is 33.7 Å². The summed E-state index contributed by atoms with van der Waals surface area (Å²) in [6.45, 7) is 6.79. The topological polar surface area (TPSA) is 26.7 Å². The van der Waals surface area contributed by atoms with Crippen molar-refractivity contribution in [3.8, 4) is 0 Å². The van der Waals surface area contributed by atoms with Crippen LogP contribution in [0.5, 0.6) is 0 Å². The number of β-amino-alcohol motifs (C(OH)–C–C–N with tert-alkyl or cyclic N) is 1. The summed E-state index contributed by atoms with van der Waals surface area (Å²) in [5, 5.41) is 9.75. The van der Waals surface area contributed by atoms with Gasteiger partial charge in [-0.15, -0.1) is 6.58 Å². The highest BCUT2D eigenvalue weighted by molar-refractivity contribution is 4.86. The fourth-order valence-corrected chi connectivity index (χ4v) is 2.62. The first-order valence-corrected chi connectivity index (χ1v) is 6.81. The van der Waals surface area contributed by atoms with E-state index in [-0.39, 0.29) is 6.10 Å². The lowest BCUT2D eigenvalue weighted by Crippen LogP contribution is -2.38. The zero-order chi connectivity index (χ0) is 12.7. The van der Waals surface area contributed by atoms with E-state index in [0.717, 1.165) is 32.5 Å². The molecule has 3 heteroatoms. The van der Waals surface area contributed by atoms with Crippen LogP contribution in [-0.2, 0) is 0 Å². The van der Waals surface area contributed by atoms with Gasteiger partial charge in [0.1, 0.15) is 0 Å². The smallest absolute Gasteiger partial charge is 0.0682 e. The van der Waals surface area contributed by atoms with E-state index in [1.165, 1.54) is 19.3 Å². The lowest BCUT2D eigenvalue weighted by molar-refractivity contribution is 0.171. The van der Waals surface area contributed by atoms with Crippen molar-refractivity contribution in [3.63, 3.8) is 0 Å². The largest absolute Gasteiger partial charge is 0.392 e. The summed E-state index contributed by atoms with van der Waals surface area (Å²) in [5.74, 6) is 0. The van der Waals surface area contributed by atoms with Gasteiger partial charge in [0, 0.05) is 19.1 Å². The number of allylic oxidation sites excluding steroid dienone is 1. The van der Waals surface area contributed by atoms with Crippen molar-refractivity contribution in [1.82, 2.24) is 9.80 Å². The van der Waals surface area contributed by atoms with E-state index in [9.17, 15) is 5.11 Å². The minimum Gasteiger partial charge on any atom is -0.392 e. The van der Waals surface area contributed by atoms with Gasteiger partial charge in [-0.1, -0.05) is 12.5 Å². The summed E-state index contributed by atoms with van der Waals surface area (Å²) >= 11 is 0. The zero-order valence-electron chi connectivity index (χ0n) is 11.4. The van der Waals surface area contributed by atoms with Crippen LogP contribution >= 0.6 is 0 Å². The van der Waals surface area contributed by atoms with Crippen LogP contribution in [0.15, 0.2) is 12.7 Å². The molecule has 1 aliphatic rings. The molecule has 0 aromatic rings. The molecule has 0 spiro atoms. The second kappa shape index (κ2) is 7.85. The predicted molar refractivity (Wildman–Crippen MR) is 73.2 cm³/mol. The second-order valence-corrected chi connectivity index (χ2v) is 5.44. The Morgan fingerprint density at radius 3 is 2.76 bits per heavy atom. The van der Waals surface area contributed by atoms with Gasteiger partial charge >= 0.3 is 0 Å². The Balaban J connectivity index is 2.22. The van der Waals surface area contributed by atoms with Gasteiger partial charge in [-0.3, -0.25) is 4.90 Å². The van der Waals surface area contributed by atoms with Crippen molar-refractivity contribution in [2.45, 2.75) is 44.2 Å². The SMILES string of the molecule is C=CCCCCCN1CC(O)CC1CN(C)C. The van der Waals surface area contributed by atoms with Gasteiger partial charge in [-0.25, -0.2) is 0 Å². The predicted octanol–water partition coefficient (Wildman–Crippen LogP) is 1.73. The molecule has 0 amide bonds. The lowest BCUT2D eigenvalue weighted by atomic mass is 10.1. The molecular formula is C14H28N2O. The maximum atomic E-state index is 9.75. The van der Waals surface area contributed by atoms with Crippen LogP contribution in [0.25, 0.3) is 0 Å². The Morgan fingerprint density at radius 1 is 1.35 bits per heavy atom. The molecule has 2 unspecified atom stereocenters. The molecule has 100 valence electrons. The molecule has 0 aliphatic carbocycles. The van der Waals surface area contributed by atoms with Gasteiger partial charge in [0.15, 0.2) is 0 Å². The Hall–Kier alpha value is -0.380. The molecule has 1 saturated heterocycles. The van der Waals surface area contributed by atoms with Gasteiger partial charge in [0.05, 0.1) is 6.10 Å². The molecule has 3 nitrogen and oxygen atoms in total. The van der Waals surface area contributed by atoms with Crippen LogP contribution in [0.4, 0.5) is 0 Å². The van der Waals surface area contributed by atoms with E-state index < -0.39 is 0 Å². The molecule has 0 aromatic carbocycles. The fraction of sp³-hybridized carbons (Fsp3) is 0.857. The Bertz CT molecular complexity index is 218. The van der Waals surface area contributed by atoms with Crippen molar-refractivity contribution in [1.29, 1.82) is 0 Å². The van der Waals surface area contributed by atoms with E-state index in [4.69, 9.17) is 0 Å². The number of nitrogens with zero attached hydrogens (tertiary/aromatic N) is 2. The summed E-state index contributed by atoms with van der Waals surface area (Å²) in [5.41, 5.74) is 0. The molecule has 1 N–H and O–H groups in total. The summed E-state index contributed by atoms with van der Waals surface area (Å²) < 4.78 is 0. The molecule has 0 aromatic heterocycles. The highest BCUT2D eigenvalue weighted by atomic mass is 16.3. The number of aliphatic hydroxyl groups excluding tert-OH is 1. The molecule has 0 saturated carbocycles. The van der Waals surface area contributed by atoms with E-state index in [0.29, 0.717) is 6.04 Å². The molecule has 2 atom stereocenters. The second-order valence-electron chi connectivity index (χ2n) is 5.44. The van der Waals surface area contributed by atoms with Crippen LogP contribution in [-0.4, -0.2) is 60.8 Å². The maximum Gasteiger partial charge on any atom is 0.0682 e. The molecular weight excluding hydrogens is 212 g/mol. The maximum absolute atomic E-state index is 9.75. The molecule has 1 fully saturated rings. The van der Waals surface area contributed by atoms with Crippen LogP contribution in [0.2, 0.25) is 0 Å². The van der Waals surface area contributed by atoms with Crippen LogP contribution < -0.4 is 0 Å². The van der Waals surface area contributed by atoms with Crippen LogP contribution in [0.1, 0.15) is 32.1 Å². The third kappa shape index (κ3) is 5.66. The third-order valence-corrected chi connectivity index (χ3v) is 3.44. The van der Waals surface area contributed by atoms with Crippen LogP contribution in [0.3, 0.4) is 0 Å². The third-order valence-electron chi connectivity index (χ3n) is 3.44. The average Bonchev–Trinajstić information content (AvgIpc) is 2.58. The summed E-state index contributed by atoms with van der Waals surface area (Å²) in [6.07, 6.45) is 7.70.